The van der Waals surface area contributed by atoms with Crippen molar-refractivity contribution in [3.63, 3.8) is 0 Å². The SMILES string of the molecule is FC(F)(F)Oc1ccc(-c2csc(Nc3ccc4cn[nH]c4c3)n2)cc1. The molecule has 0 aliphatic carbocycles. The van der Waals surface area contributed by atoms with E-state index in [1.54, 1.807) is 6.20 Å². The number of benzene rings is 2. The van der Waals surface area contributed by atoms with Crippen LogP contribution in [0.3, 0.4) is 0 Å². The summed E-state index contributed by atoms with van der Waals surface area (Å²) < 4.78 is 40.5. The Hall–Kier alpha value is -3.07. The minimum atomic E-state index is -4.70. The lowest BCUT2D eigenvalue weighted by Gasteiger charge is -2.08. The Labute approximate surface area is 149 Å². The molecule has 9 heteroatoms. The van der Waals surface area contributed by atoms with E-state index in [0.717, 1.165) is 16.6 Å². The highest BCUT2D eigenvalue weighted by molar-refractivity contribution is 7.14. The van der Waals surface area contributed by atoms with Gasteiger partial charge in [-0.2, -0.15) is 5.10 Å². The Kier molecular flexibility index (Phi) is 4.00. The molecule has 132 valence electrons. The molecular formula is C17H11F3N4OS. The van der Waals surface area contributed by atoms with E-state index in [1.165, 1.54) is 35.6 Å². The lowest BCUT2D eigenvalue weighted by molar-refractivity contribution is -0.274. The van der Waals surface area contributed by atoms with Crippen molar-refractivity contribution in [3.05, 3.63) is 54.0 Å². The van der Waals surface area contributed by atoms with Crippen LogP contribution in [0.2, 0.25) is 0 Å². The molecule has 0 fully saturated rings. The molecule has 0 bridgehead atoms. The molecule has 0 spiro atoms. The Morgan fingerprint density at radius 3 is 2.65 bits per heavy atom. The van der Waals surface area contributed by atoms with Gasteiger partial charge in [0.1, 0.15) is 5.75 Å². The molecule has 0 saturated carbocycles. The Morgan fingerprint density at radius 1 is 1.08 bits per heavy atom. The van der Waals surface area contributed by atoms with Gasteiger partial charge in [0.05, 0.1) is 17.4 Å². The molecule has 0 aliphatic rings. The third kappa shape index (κ3) is 3.62. The molecule has 4 rings (SSSR count). The van der Waals surface area contributed by atoms with Crippen LogP contribution in [0.15, 0.2) is 54.0 Å². The largest absolute Gasteiger partial charge is 0.573 e. The van der Waals surface area contributed by atoms with Crippen LogP contribution >= 0.6 is 11.3 Å². The lowest BCUT2D eigenvalue weighted by Crippen LogP contribution is -2.16. The first kappa shape index (κ1) is 16.4. The van der Waals surface area contributed by atoms with Gasteiger partial charge in [-0.05, 0) is 42.5 Å². The fourth-order valence-corrected chi connectivity index (χ4v) is 3.17. The number of ether oxygens (including phenoxy) is 1. The molecule has 2 heterocycles. The van der Waals surface area contributed by atoms with E-state index in [4.69, 9.17) is 0 Å². The molecule has 0 saturated heterocycles. The summed E-state index contributed by atoms with van der Waals surface area (Å²) in [5.74, 6) is -0.261. The molecule has 0 radical (unpaired) electrons. The highest BCUT2D eigenvalue weighted by Gasteiger charge is 2.30. The van der Waals surface area contributed by atoms with Crippen LogP contribution in [-0.4, -0.2) is 21.5 Å². The third-order valence-corrected chi connectivity index (χ3v) is 4.34. The van der Waals surface area contributed by atoms with E-state index in [9.17, 15) is 13.2 Å². The van der Waals surface area contributed by atoms with Gasteiger partial charge in [-0.15, -0.1) is 24.5 Å². The van der Waals surface area contributed by atoms with Gasteiger partial charge < -0.3 is 10.1 Å². The molecular weight excluding hydrogens is 365 g/mol. The van der Waals surface area contributed by atoms with Crippen molar-refractivity contribution in [2.24, 2.45) is 0 Å². The smallest absolute Gasteiger partial charge is 0.406 e. The quantitative estimate of drug-likeness (QED) is 0.505. The standard InChI is InChI=1S/C17H11F3N4OS/c18-17(19,20)25-13-5-2-10(3-6-13)15-9-26-16(23-15)22-12-4-1-11-8-21-24-14(11)7-12/h1-9H,(H,21,24)(H,22,23). The number of halogens is 3. The van der Waals surface area contributed by atoms with Crippen LogP contribution in [0.4, 0.5) is 24.0 Å². The number of thiazole rings is 1. The first-order valence-electron chi connectivity index (χ1n) is 7.48. The van der Waals surface area contributed by atoms with Crippen molar-refractivity contribution < 1.29 is 17.9 Å². The van der Waals surface area contributed by atoms with Crippen LogP contribution in [-0.2, 0) is 0 Å². The molecule has 2 aromatic carbocycles. The van der Waals surface area contributed by atoms with E-state index in [2.05, 4.69) is 25.2 Å². The molecule has 4 aromatic rings. The normalized spacial score (nSPS) is 11.7. The molecule has 5 nitrogen and oxygen atoms in total. The summed E-state index contributed by atoms with van der Waals surface area (Å²) in [7, 11) is 0. The number of fused-ring (bicyclic) bond motifs is 1. The van der Waals surface area contributed by atoms with Crippen molar-refractivity contribution in [3.8, 4) is 17.0 Å². The Morgan fingerprint density at radius 2 is 1.88 bits per heavy atom. The number of aromatic nitrogens is 3. The first-order chi connectivity index (χ1) is 12.5. The van der Waals surface area contributed by atoms with Crippen LogP contribution in [0, 0.1) is 0 Å². The molecule has 2 aromatic heterocycles. The average molecular weight is 376 g/mol. The maximum Gasteiger partial charge on any atom is 0.573 e. The number of aromatic amines is 1. The van der Waals surface area contributed by atoms with Crippen molar-refractivity contribution >= 4 is 33.1 Å². The van der Waals surface area contributed by atoms with Crippen molar-refractivity contribution in [1.82, 2.24) is 15.2 Å². The van der Waals surface area contributed by atoms with Crippen LogP contribution < -0.4 is 10.1 Å². The van der Waals surface area contributed by atoms with E-state index < -0.39 is 6.36 Å². The van der Waals surface area contributed by atoms with Gasteiger partial charge in [0.2, 0.25) is 0 Å². The summed E-state index contributed by atoms with van der Waals surface area (Å²) in [6.07, 6.45) is -2.96. The van der Waals surface area contributed by atoms with E-state index in [1.807, 2.05) is 23.6 Å². The van der Waals surface area contributed by atoms with Gasteiger partial charge in [-0.1, -0.05) is 0 Å². The highest BCUT2D eigenvalue weighted by Crippen LogP contribution is 2.30. The zero-order valence-corrected chi connectivity index (χ0v) is 13.9. The number of hydrogen-bond donors (Lipinski definition) is 2. The van der Waals surface area contributed by atoms with E-state index in [-0.39, 0.29) is 5.75 Å². The minimum Gasteiger partial charge on any atom is -0.406 e. The van der Waals surface area contributed by atoms with Gasteiger partial charge in [0.25, 0.3) is 0 Å². The summed E-state index contributed by atoms with van der Waals surface area (Å²) in [5.41, 5.74) is 3.13. The van der Waals surface area contributed by atoms with Gasteiger partial charge in [-0.3, -0.25) is 5.10 Å². The summed E-state index contributed by atoms with van der Waals surface area (Å²) in [4.78, 5) is 4.47. The minimum absolute atomic E-state index is 0.261. The van der Waals surface area contributed by atoms with Crippen LogP contribution in [0.1, 0.15) is 0 Å². The summed E-state index contributed by atoms with van der Waals surface area (Å²) >= 11 is 1.40. The first-order valence-corrected chi connectivity index (χ1v) is 8.36. The number of rotatable bonds is 4. The zero-order chi connectivity index (χ0) is 18.1. The third-order valence-electron chi connectivity index (χ3n) is 3.58. The maximum absolute atomic E-state index is 12.2. The van der Waals surface area contributed by atoms with Gasteiger partial charge in [-0.25, -0.2) is 4.98 Å². The predicted octanol–water partition coefficient (Wildman–Crippen LogP) is 5.33. The summed E-state index contributed by atoms with van der Waals surface area (Å²) in [6.45, 7) is 0. The number of H-pyrrole nitrogens is 1. The zero-order valence-electron chi connectivity index (χ0n) is 13.0. The van der Waals surface area contributed by atoms with Crippen molar-refractivity contribution in [2.45, 2.75) is 6.36 Å². The number of anilines is 2. The molecule has 0 aliphatic heterocycles. The number of nitrogens with zero attached hydrogens (tertiary/aromatic N) is 2. The highest BCUT2D eigenvalue weighted by atomic mass is 32.1. The number of alkyl halides is 3. The fourth-order valence-electron chi connectivity index (χ4n) is 2.43. The fraction of sp³-hybridized carbons (Fsp3) is 0.0588. The lowest BCUT2D eigenvalue weighted by atomic mass is 10.2. The van der Waals surface area contributed by atoms with Crippen LogP contribution in [0.25, 0.3) is 22.2 Å². The van der Waals surface area contributed by atoms with Crippen LogP contribution in [0.5, 0.6) is 5.75 Å². The molecule has 2 N–H and O–H groups in total. The van der Waals surface area contributed by atoms with Gasteiger partial charge >= 0.3 is 6.36 Å². The maximum atomic E-state index is 12.2. The Balaban J connectivity index is 1.50. The monoisotopic (exact) mass is 376 g/mol. The molecule has 26 heavy (non-hydrogen) atoms. The average Bonchev–Trinajstić information content (AvgIpc) is 3.23. The van der Waals surface area contributed by atoms with E-state index in [0.29, 0.717) is 16.4 Å². The Bertz CT molecular complexity index is 1040. The molecule has 0 atom stereocenters. The van der Waals surface area contributed by atoms with Gasteiger partial charge in [0.15, 0.2) is 5.13 Å². The number of hydrogen-bond acceptors (Lipinski definition) is 5. The van der Waals surface area contributed by atoms with E-state index >= 15 is 0 Å². The molecule has 0 amide bonds. The van der Waals surface area contributed by atoms with Crippen molar-refractivity contribution in [1.29, 1.82) is 0 Å². The summed E-state index contributed by atoms with van der Waals surface area (Å²) in [6, 6.07) is 11.4. The second kappa shape index (κ2) is 6.34. The number of nitrogens with one attached hydrogen (secondary N) is 2. The second-order valence-electron chi connectivity index (χ2n) is 5.41. The second-order valence-corrected chi connectivity index (χ2v) is 6.27. The summed E-state index contributed by atoms with van der Waals surface area (Å²) in [5, 5.41) is 13.6. The topological polar surface area (TPSA) is 62.8 Å². The van der Waals surface area contributed by atoms with Gasteiger partial charge in [0, 0.05) is 22.0 Å². The molecule has 0 unspecified atom stereocenters. The van der Waals surface area contributed by atoms with Crippen molar-refractivity contribution in [2.75, 3.05) is 5.32 Å². The predicted molar refractivity (Wildman–Crippen MR) is 93.6 cm³/mol.